The van der Waals surface area contributed by atoms with Crippen molar-refractivity contribution in [1.29, 1.82) is 0 Å². The molecule has 0 saturated carbocycles. The number of hydrogen-bond donors (Lipinski definition) is 0. The molecule has 0 atom stereocenters. The molecule has 0 spiro atoms. The summed E-state index contributed by atoms with van der Waals surface area (Å²) < 4.78 is 6.45. The number of benzene rings is 1. The number of halogens is 2. The zero-order valence-corrected chi connectivity index (χ0v) is 14.7. The second-order valence-electron chi connectivity index (χ2n) is 4.46. The van der Waals surface area contributed by atoms with Crippen molar-refractivity contribution in [2.45, 2.75) is 5.22 Å². The molecule has 0 N–H and O–H groups in total. The first-order valence-corrected chi connectivity index (χ1v) is 8.64. The van der Waals surface area contributed by atoms with Gasteiger partial charge in [-0.1, -0.05) is 51.4 Å². The summed E-state index contributed by atoms with van der Waals surface area (Å²) in [7, 11) is 0. The molecule has 0 aliphatic carbocycles. The molecule has 2 heterocycles. The van der Waals surface area contributed by atoms with Crippen LogP contribution in [0.15, 0.2) is 56.7 Å². The minimum Gasteiger partial charge on any atom is -0.411 e. The number of carbonyl (C=O) groups excluding carboxylic acids is 1. The molecule has 5 nitrogen and oxygen atoms in total. The molecule has 0 aliphatic rings. The highest BCUT2D eigenvalue weighted by atomic mass is 79.9. The van der Waals surface area contributed by atoms with E-state index in [1.807, 2.05) is 12.1 Å². The zero-order valence-electron chi connectivity index (χ0n) is 11.6. The first-order valence-electron chi connectivity index (χ1n) is 6.49. The maximum absolute atomic E-state index is 12.1. The molecular formula is C15H9BrClN3O2S. The zero-order chi connectivity index (χ0) is 16.2. The van der Waals surface area contributed by atoms with Crippen LogP contribution in [0.4, 0.5) is 0 Å². The molecular weight excluding hydrogens is 402 g/mol. The van der Waals surface area contributed by atoms with Crippen LogP contribution in [0.3, 0.4) is 0 Å². The number of nitrogens with zero attached hydrogens (tertiary/aromatic N) is 3. The van der Waals surface area contributed by atoms with Crippen molar-refractivity contribution in [1.82, 2.24) is 15.2 Å². The molecule has 1 aromatic carbocycles. The summed E-state index contributed by atoms with van der Waals surface area (Å²) in [6.07, 6.45) is 1.56. The van der Waals surface area contributed by atoms with Gasteiger partial charge in [-0.2, -0.15) is 0 Å². The van der Waals surface area contributed by atoms with Gasteiger partial charge in [0.15, 0.2) is 5.78 Å². The smallest absolute Gasteiger partial charge is 0.277 e. The predicted molar refractivity (Wildman–Crippen MR) is 91.7 cm³/mol. The lowest BCUT2D eigenvalue weighted by Crippen LogP contribution is -2.01. The second kappa shape index (κ2) is 7.25. The fraction of sp³-hybridized carbons (Fsp3) is 0.0667. The van der Waals surface area contributed by atoms with Gasteiger partial charge >= 0.3 is 0 Å². The molecule has 0 amide bonds. The molecule has 8 heteroatoms. The predicted octanol–water partition coefficient (Wildman–Crippen LogP) is 4.52. The van der Waals surface area contributed by atoms with Crippen molar-refractivity contribution < 1.29 is 9.21 Å². The van der Waals surface area contributed by atoms with Crippen LogP contribution >= 0.6 is 39.3 Å². The van der Waals surface area contributed by atoms with Crippen molar-refractivity contribution >= 4 is 45.1 Å². The van der Waals surface area contributed by atoms with Crippen molar-refractivity contribution in [3.8, 4) is 11.5 Å². The molecule has 3 aromatic rings. The van der Waals surface area contributed by atoms with Crippen LogP contribution in [0.1, 0.15) is 10.4 Å². The minimum absolute atomic E-state index is 0.00537. The van der Waals surface area contributed by atoms with Gasteiger partial charge in [0.2, 0.25) is 5.89 Å². The quantitative estimate of drug-likeness (QED) is 0.350. The lowest BCUT2D eigenvalue weighted by Gasteiger charge is -1.99. The van der Waals surface area contributed by atoms with Gasteiger partial charge in [0.1, 0.15) is 5.15 Å². The standard InChI is InChI=1S/C15H9BrClN3O2S/c16-11-3-1-9(2-4-11)12(21)8-23-15-20-19-14(22-15)10-5-6-18-13(17)7-10/h1-7H,8H2. The highest BCUT2D eigenvalue weighted by Crippen LogP contribution is 2.24. The molecule has 0 aliphatic heterocycles. The number of rotatable bonds is 5. The van der Waals surface area contributed by atoms with E-state index in [0.717, 1.165) is 4.47 Å². The number of pyridine rings is 1. The molecule has 0 unspecified atom stereocenters. The molecule has 0 fully saturated rings. The number of carbonyl (C=O) groups is 1. The monoisotopic (exact) mass is 409 g/mol. The Labute approximate surface area is 149 Å². The van der Waals surface area contributed by atoms with E-state index >= 15 is 0 Å². The molecule has 0 bridgehead atoms. The van der Waals surface area contributed by atoms with E-state index in [1.165, 1.54) is 11.8 Å². The summed E-state index contributed by atoms with van der Waals surface area (Å²) in [5.41, 5.74) is 1.32. The summed E-state index contributed by atoms with van der Waals surface area (Å²) in [5, 5.41) is 8.55. The summed E-state index contributed by atoms with van der Waals surface area (Å²) in [6, 6.07) is 10.6. The second-order valence-corrected chi connectivity index (χ2v) is 6.69. The fourth-order valence-corrected chi connectivity index (χ4v) is 2.86. The van der Waals surface area contributed by atoms with E-state index in [-0.39, 0.29) is 11.5 Å². The van der Waals surface area contributed by atoms with E-state index in [0.29, 0.717) is 27.4 Å². The van der Waals surface area contributed by atoms with Crippen LogP contribution in [0, 0.1) is 0 Å². The number of aromatic nitrogens is 3. The number of Topliss-reactive ketones (excluding diaryl/α,β-unsaturated/α-hetero) is 1. The fourth-order valence-electron chi connectivity index (χ4n) is 1.77. The van der Waals surface area contributed by atoms with E-state index in [1.54, 1.807) is 30.5 Å². The van der Waals surface area contributed by atoms with Crippen LogP contribution in [0.5, 0.6) is 0 Å². The van der Waals surface area contributed by atoms with Crippen molar-refractivity contribution in [3.63, 3.8) is 0 Å². The van der Waals surface area contributed by atoms with Crippen molar-refractivity contribution in [3.05, 3.63) is 57.8 Å². The van der Waals surface area contributed by atoms with E-state index in [2.05, 4.69) is 31.1 Å². The van der Waals surface area contributed by atoms with Gasteiger partial charge in [-0.15, -0.1) is 10.2 Å². The Morgan fingerprint density at radius 3 is 2.74 bits per heavy atom. The Bertz CT molecular complexity index is 839. The highest BCUT2D eigenvalue weighted by molar-refractivity contribution is 9.10. The third kappa shape index (κ3) is 4.19. The van der Waals surface area contributed by atoms with Gasteiger partial charge in [-0.3, -0.25) is 4.79 Å². The summed E-state index contributed by atoms with van der Waals surface area (Å²) in [6.45, 7) is 0. The Kier molecular flexibility index (Phi) is 5.09. The Morgan fingerprint density at radius 1 is 1.22 bits per heavy atom. The molecule has 0 saturated heterocycles. The van der Waals surface area contributed by atoms with Gasteiger partial charge < -0.3 is 4.42 Å². The molecule has 23 heavy (non-hydrogen) atoms. The van der Waals surface area contributed by atoms with Gasteiger partial charge in [0.25, 0.3) is 5.22 Å². The lowest BCUT2D eigenvalue weighted by atomic mass is 10.2. The topological polar surface area (TPSA) is 68.9 Å². The van der Waals surface area contributed by atoms with E-state index in [9.17, 15) is 4.79 Å². The highest BCUT2D eigenvalue weighted by Gasteiger charge is 2.12. The van der Waals surface area contributed by atoms with Crippen LogP contribution in [0.25, 0.3) is 11.5 Å². The summed E-state index contributed by atoms with van der Waals surface area (Å²) in [5.74, 6) is 0.558. The molecule has 3 rings (SSSR count). The van der Waals surface area contributed by atoms with Crippen molar-refractivity contribution in [2.75, 3.05) is 5.75 Å². The van der Waals surface area contributed by atoms with Gasteiger partial charge in [-0.05, 0) is 24.3 Å². The van der Waals surface area contributed by atoms with Crippen LogP contribution < -0.4 is 0 Å². The largest absolute Gasteiger partial charge is 0.411 e. The molecule has 2 aromatic heterocycles. The third-order valence-corrected chi connectivity index (χ3v) is 4.43. The van der Waals surface area contributed by atoms with E-state index in [4.69, 9.17) is 16.0 Å². The third-order valence-electron chi connectivity index (χ3n) is 2.87. The number of hydrogen-bond acceptors (Lipinski definition) is 6. The lowest BCUT2D eigenvalue weighted by molar-refractivity contribution is 0.102. The van der Waals surface area contributed by atoms with Gasteiger partial charge in [-0.25, -0.2) is 4.98 Å². The average molecular weight is 411 g/mol. The molecule has 116 valence electrons. The number of ketones is 1. The Morgan fingerprint density at radius 2 is 2.00 bits per heavy atom. The van der Waals surface area contributed by atoms with Crippen LogP contribution in [0.2, 0.25) is 5.15 Å². The first kappa shape index (κ1) is 16.2. The molecule has 0 radical (unpaired) electrons. The van der Waals surface area contributed by atoms with Gasteiger partial charge in [0, 0.05) is 21.8 Å². The SMILES string of the molecule is O=C(CSc1nnc(-c2ccnc(Cl)c2)o1)c1ccc(Br)cc1. The van der Waals surface area contributed by atoms with Crippen LogP contribution in [-0.4, -0.2) is 26.7 Å². The summed E-state index contributed by atoms with van der Waals surface area (Å²) >= 11 is 10.4. The average Bonchev–Trinajstić information content (AvgIpc) is 3.02. The maximum Gasteiger partial charge on any atom is 0.277 e. The van der Waals surface area contributed by atoms with E-state index < -0.39 is 0 Å². The Hall–Kier alpha value is -1.70. The first-order chi connectivity index (χ1) is 11.1. The minimum atomic E-state index is -0.00537. The van der Waals surface area contributed by atoms with Crippen molar-refractivity contribution in [2.24, 2.45) is 0 Å². The van der Waals surface area contributed by atoms with Gasteiger partial charge in [0.05, 0.1) is 5.75 Å². The maximum atomic E-state index is 12.1. The number of thioether (sulfide) groups is 1. The van der Waals surface area contributed by atoms with Crippen LogP contribution in [-0.2, 0) is 0 Å². The normalized spacial score (nSPS) is 10.7. The summed E-state index contributed by atoms with van der Waals surface area (Å²) in [4.78, 5) is 16.0. The Balaban J connectivity index is 1.65.